The van der Waals surface area contributed by atoms with Crippen molar-refractivity contribution in [1.82, 2.24) is 4.90 Å². The van der Waals surface area contributed by atoms with Crippen molar-refractivity contribution in [2.45, 2.75) is 23.5 Å². The fourth-order valence-electron chi connectivity index (χ4n) is 3.55. The Hall–Kier alpha value is -2.47. The van der Waals surface area contributed by atoms with Crippen molar-refractivity contribution in [1.29, 1.82) is 0 Å². The minimum absolute atomic E-state index is 0.0610. The summed E-state index contributed by atoms with van der Waals surface area (Å²) in [6, 6.07) is 16.2. The molecule has 0 unspecified atom stereocenters. The van der Waals surface area contributed by atoms with E-state index in [4.69, 9.17) is 0 Å². The van der Waals surface area contributed by atoms with Crippen LogP contribution in [0.3, 0.4) is 0 Å². The highest BCUT2D eigenvalue weighted by Gasteiger charge is 2.31. The van der Waals surface area contributed by atoms with Crippen LogP contribution in [0, 0.1) is 6.92 Å². The Morgan fingerprint density at radius 2 is 1.89 bits per heavy atom. The molecule has 2 aromatic carbocycles. The average Bonchev–Trinajstić information content (AvgIpc) is 2.68. The van der Waals surface area contributed by atoms with Crippen molar-refractivity contribution >= 4 is 35.0 Å². The summed E-state index contributed by atoms with van der Waals surface area (Å²) in [5.41, 5.74) is 3.29. The van der Waals surface area contributed by atoms with Crippen LogP contribution >= 0.6 is 11.8 Å². The lowest BCUT2D eigenvalue weighted by Crippen LogP contribution is -2.49. The number of carbonyl (C=O) groups is 2. The predicted molar refractivity (Wildman–Crippen MR) is 109 cm³/mol. The number of nitrogens with zero attached hydrogens (tertiary/aromatic N) is 2. The van der Waals surface area contributed by atoms with Gasteiger partial charge in [-0.1, -0.05) is 24.3 Å². The van der Waals surface area contributed by atoms with Gasteiger partial charge >= 0.3 is 0 Å². The quantitative estimate of drug-likeness (QED) is 0.887. The van der Waals surface area contributed by atoms with Gasteiger partial charge in [0.2, 0.25) is 11.8 Å². The molecule has 2 amide bonds. The van der Waals surface area contributed by atoms with Crippen molar-refractivity contribution < 1.29 is 9.59 Å². The highest BCUT2D eigenvalue weighted by atomic mass is 32.2. The second kappa shape index (κ2) is 7.64. The van der Waals surface area contributed by atoms with Crippen LogP contribution in [0.25, 0.3) is 0 Å². The van der Waals surface area contributed by atoms with E-state index in [1.165, 1.54) is 23.0 Å². The Labute approximate surface area is 163 Å². The zero-order valence-electron chi connectivity index (χ0n) is 15.4. The first-order valence-electron chi connectivity index (χ1n) is 9.26. The normalized spacial score (nSPS) is 19.4. The van der Waals surface area contributed by atoms with Gasteiger partial charge in [-0.15, -0.1) is 11.8 Å². The molecule has 27 heavy (non-hydrogen) atoms. The van der Waals surface area contributed by atoms with Crippen molar-refractivity contribution in [3.63, 3.8) is 0 Å². The fraction of sp³-hybridized carbons (Fsp3) is 0.333. The lowest BCUT2D eigenvalue weighted by Gasteiger charge is -2.37. The van der Waals surface area contributed by atoms with E-state index in [1.54, 1.807) is 0 Å². The number of benzene rings is 2. The predicted octanol–water partition coefficient (Wildman–Crippen LogP) is 3.15. The van der Waals surface area contributed by atoms with Crippen LogP contribution in [-0.4, -0.2) is 48.1 Å². The van der Waals surface area contributed by atoms with Crippen LogP contribution in [0.15, 0.2) is 53.4 Å². The highest BCUT2D eigenvalue weighted by Crippen LogP contribution is 2.36. The van der Waals surface area contributed by atoms with E-state index in [1.807, 2.05) is 29.2 Å². The monoisotopic (exact) mass is 381 g/mol. The smallest absolute Gasteiger partial charge is 0.238 e. The summed E-state index contributed by atoms with van der Waals surface area (Å²) in [5, 5.41) is 2.55. The SMILES string of the molecule is Cc1cccc(N2CCN(C(=O)C[C@H]3Sc4ccccc4NC3=O)CC2)c1. The van der Waals surface area contributed by atoms with Crippen LogP contribution < -0.4 is 10.2 Å². The van der Waals surface area contributed by atoms with Gasteiger partial charge in [0.1, 0.15) is 0 Å². The standard InChI is InChI=1S/C21H23N3O2S/c1-15-5-4-6-16(13-15)23-9-11-24(12-10-23)20(25)14-19-21(26)22-17-7-2-3-8-18(17)27-19/h2-8,13,19H,9-12,14H2,1H3,(H,22,26)/t19-/m1/s1. The number of amides is 2. The molecule has 0 aromatic heterocycles. The van der Waals surface area contributed by atoms with Gasteiger partial charge in [-0.25, -0.2) is 0 Å². The molecule has 1 atom stereocenters. The van der Waals surface area contributed by atoms with E-state index in [0.29, 0.717) is 13.1 Å². The molecular weight excluding hydrogens is 358 g/mol. The number of para-hydroxylation sites is 1. The lowest BCUT2D eigenvalue weighted by molar-refractivity contribution is -0.132. The Morgan fingerprint density at radius 1 is 1.11 bits per heavy atom. The maximum Gasteiger partial charge on any atom is 0.238 e. The van der Waals surface area contributed by atoms with Crippen LogP contribution in [0.1, 0.15) is 12.0 Å². The first-order chi connectivity index (χ1) is 13.1. The summed E-state index contributed by atoms with van der Waals surface area (Å²) >= 11 is 1.49. The van der Waals surface area contributed by atoms with Gasteiger partial charge in [-0.05, 0) is 36.8 Å². The van der Waals surface area contributed by atoms with Crippen molar-refractivity contribution in [3.8, 4) is 0 Å². The zero-order valence-corrected chi connectivity index (χ0v) is 16.2. The largest absolute Gasteiger partial charge is 0.368 e. The molecule has 2 aliphatic heterocycles. The second-order valence-corrected chi connectivity index (χ2v) is 8.25. The number of hydrogen-bond donors (Lipinski definition) is 1. The van der Waals surface area contributed by atoms with Crippen molar-refractivity contribution in [2.24, 2.45) is 0 Å². The molecule has 1 N–H and O–H groups in total. The van der Waals surface area contributed by atoms with Gasteiger partial charge in [0.25, 0.3) is 0 Å². The summed E-state index contributed by atoms with van der Waals surface area (Å²) in [7, 11) is 0. The van der Waals surface area contributed by atoms with Crippen molar-refractivity contribution in [2.75, 3.05) is 36.4 Å². The average molecular weight is 382 g/mol. The number of thioether (sulfide) groups is 1. The van der Waals surface area contributed by atoms with E-state index < -0.39 is 0 Å². The molecule has 0 aliphatic carbocycles. The van der Waals surface area contributed by atoms with Crippen LogP contribution in [-0.2, 0) is 9.59 Å². The molecule has 1 saturated heterocycles. The van der Waals surface area contributed by atoms with Crippen LogP contribution in [0.2, 0.25) is 0 Å². The van der Waals surface area contributed by atoms with Gasteiger partial charge < -0.3 is 15.1 Å². The molecule has 0 saturated carbocycles. The fourth-order valence-corrected chi connectivity index (χ4v) is 4.66. The third-order valence-corrected chi connectivity index (χ3v) is 6.34. The summed E-state index contributed by atoms with van der Waals surface area (Å²) < 4.78 is 0. The molecule has 2 heterocycles. The molecule has 1 fully saturated rings. The van der Waals surface area contributed by atoms with Crippen LogP contribution in [0.4, 0.5) is 11.4 Å². The molecule has 4 rings (SSSR count). The third-order valence-electron chi connectivity index (χ3n) is 5.07. The minimum Gasteiger partial charge on any atom is -0.368 e. The van der Waals surface area contributed by atoms with Gasteiger partial charge in [-0.3, -0.25) is 9.59 Å². The number of nitrogens with one attached hydrogen (secondary N) is 1. The van der Waals surface area contributed by atoms with E-state index >= 15 is 0 Å². The number of fused-ring (bicyclic) bond motifs is 1. The molecule has 0 radical (unpaired) electrons. The molecule has 0 bridgehead atoms. The molecule has 5 nitrogen and oxygen atoms in total. The molecule has 140 valence electrons. The van der Waals surface area contributed by atoms with E-state index in [-0.39, 0.29) is 23.5 Å². The summed E-state index contributed by atoms with van der Waals surface area (Å²) in [6.45, 7) is 5.13. The molecule has 0 spiro atoms. The van der Waals surface area contributed by atoms with Gasteiger partial charge in [-0.2, -0.15) is 0 Å². The van der Waals surface area contributed by atoms with E-state index in [2.05, 4.69) is 41.4 Å². The number of piperazine rings is 1. The Kier molecular flexibility index (Phi) is 5.07. The summed E-state index contributed by atoms with van der Waals surface area (Å²) in [4.78, 5) is 30.3. The molecule has 6 heteroatoms. The summed E-state index contributed by atoms with van der Waals surface area (Å²) in [5.74, 6) is -0.0172. The third kappa shape index (κ3) is 3.95. The van der Waals surface area contributed by atoms with Gasteiger partial charge in [0.05, 0.1) is 10.9 Å². The minimum atomic E-state index is -0.359. The number of anilines is 2. The zero-order chi connectivity index (χ0) is 18.8. The van der Waals surface area contributed by atoms with E-state index in [0.717, 1.165) is 23.7 Å². The molecular formula is C21H23N3O2S. The highest BCUT2D eigenvalue weighted by molar-refractivity contribution is 8.01. The van der Waals surface area contributed by atoms with Gasteiger partial charge in [0, 0.05) is 43.2 Å². The van der Waals surface area contributed by atoms with Crippen LogP contribution in [0.5, 0.6) is 0 Å². The number of carbonyl (C=O) groups excluding carboxylic acids is 2. The Balaban J connectivity index is 1.34. The summed E-state index contributed by atoms with van der Waals surface area (Å²) in [6.07, 6.45) is 0.245. The second-order valence-electron chi connectivity index (χ2n) is 7.00. The first kappa shape index (κ1) is 17.9. The van der Waals surface area contributed by atoms with Gasteiger partial charge in [0.15, 0.2) is 0 Å². The topological polar surface area (TPSA) is 52.6 Å². The molecule has 2 aromatic rings. The molecule has 2 aliphatic rings. The lowest BCUT2D eigenvalue weighted by atomic mass is 10.1. The maximum absolute atomic E-state index is 12.7. The maximum atomic E-state index is 12.7. The number of rotatable bonds is 3. The first-order valence-corrected chi connectivity index (χ1v) is 10.1. The van der Waals surface area contributed by atoms with E-state index in [9.17, 15) is 9.59 Å². The number of aryl methyl sites for hydroxylation is 1. The Bertz CT molecular complexity index is 862. The number of hydrogen-bond acceptors (Lipinski definition) is 4. The van der Waals surface area contributed by atoms with Crippen molar-refractivity contribution in [3.05, 3.63) is 54.1 Å². The Morgan fingerprint density at radius 3 is 2.67 bits per heavy atom.